The second kappa shape index (κ2) is 7.48. The van der Waals surface area contributed by atoms with Gasteiger partial charge in [-0.15, -0.1) is 13.2 Å². The summed E-state index contributed by atoms with van der Waals surface area (Å²) < 4.78 is 42.3. The van der Waals surface area contributed by atoms with Gasteiger partial charge in [-0.3, -0.25) is 14.2 Å². The number of halogens is 3. The molecule has 6 nitrogen and oxygen atoms in total. The fourth-order valence-corrected chi connectivity index (χ4v) is 2.50. The number of ether oxygens (including phenoxy) is 1. The number of hydrogen-bond acceptors (Lipinski definition) is 4. The van der Waals surface area contributed by atoms with E-state index in [2.05, 4.69) is 15.0 Å². The van der Waals surface area contributed by atoms with E-state index in [0.717, 1.165) is 10.6 Å². The van der Waals surface area contributed by atoms with Crippen LogP contribution in [0.1, 0.15) is 5.56 Å². The van der Waals surface area contributed by atoms with E-state index in [1.54, 1.807) is 24.3 Å². The molecule has 0 spiro atoms. The summed E-state index contributed by atoms with van der Waals surface area (Å²) in [6.45, 7) is -0.486. The van der Waals surface area contributed by atoms with Gasteiger partial charge >= 0.3 is 6.36 Å². The highest BCUT2D eigenvalue weighted by molar-refractivity contribution is 5.78. The number of carbonyl (C=O) groups excluding carboxylic acids is 1. The normalized spacial score (nSPS) is 11.4. The van der Waals surface area contributed by atoms with E-state index in [1.165, 1.54) is 24.5 Å². The van der Waals surface area contributed by atoms with Crippen LogP contribution in [-0.4, -0.2) is 21.8 Å². The Morgan fingerprint density at radius 3 is 2.59 bits per heavy atom. The third-order valence-corrected chi connectivity index (χ3v) is 3.72. The van der Waals surface area contributed by atoms with Crippen LogP contribution >= 0.6 is 0 Å². The van der Waals surface area contributed by atoms with Gasteiger partial charge in [-0.25, -0.2) is 4.98 Å². The first-order valence-corrected chi connectivity index (χ1v) is 7.88. The summed E-state index contributed by atoms with van der Waals surface area (Å²) in [6.07, 6.45) is -3.57. The highest BCUT2D eigenvalue weighted by Crippen LogP contribution is 2.26. The van der Waals surface area contributed by atoms with Crippen molar-refractivity contribution in [1.82, 2.24) is 14.9 Å². The predicted molar refractivity (Wildman–Crippen MR) is 91.0 cm³/mol. The lowest BCUT2D eigenvalue weighted by atomic mass is 10.2. The van der Waals surface area contributed by atoms with Crippen molar-refractivity contribution in [2.75, 3.05) is 0 Å². The summed E-state index contributed by atoms with van der Waals surface area (Å²) in [6, 6.07) is 12.2. The van der Waals surface area contributed by atoms with E-state index in [1.807, 2.05) is 0 Å². The smallest absolute Gasteiger partial charge is 0.405 e. The number of para-hydroxylation sites is 2. The number of aromatic nitrogens is 2. The second-order valence-electron chi connectivity index (χ2n) is 5.63. The lowest BCUT2D eigenvalue weighted by Crippen LogP contribution is -2.32. The summed E-state index contributed by atoms with van der Waals surface area (Å²) in [7, 11) is 0. The highest BCUT2D eigenvalue weighted by atomic mass is 19.4. The van der Waals surface area contributed by atoms with Gasteiger partial charge in [-0.05, 0) is 18.2 Å². The van der Waals surface area contributed by atoms with E-state index < -0.39 is 18.0 Å². The fraction of sp³-hybridized carbons (Fsp3) is 0.167. The van der Waals surface area contributed by atoms with Crippen LogP contribution < -0.4 is 15.6 Å². The maximum atomic E-state index is 12.4. The van der Waals surface area contributed by atoms with Crippen LogP contribution in [0.15, 0.2) is 59.7 Å². The molecule has 1 amide bonds. The Bertz CT molecular complexity index is 1030. The first-order valence-electron chi connectivity index (χ1n) is 7.88. The SMILES string of the molecule is O=C(Cn1cnc2ccccc2c1=O)NCc1ccccc1OC(F)(F)F. The van der Waals surface area contributed by atoms with Gasteiger partial charge in [0.1, 0.15) is 12.3 Å². The van der Waals surface area contributed by atoms with Crippen molar-refractivity contribution in [2.45, 2.75) is 19.5 Å². The Morgan fingerprint density at radius 1 is 1.11 bits per heavy atom. The van der Waals surface area contributed by atoms with Gasteiger partial charge in [0.05, 0.1) is 17.2 Å². The van der Waals surface area contributed by atoms with E-state index in [-0.39, 0.29) is 24.2 Å². The Morgan fingerprint density at radius 2 is 1.81 bits per heavy atom. The highest BCUT2D eigenvalue weighted by Gasteiger charge is 2.31. The van der Waals surface area contributed by atoms with Crippen molar-refractivity contribution < 1.29 is 22.7 Å². The molecule has 0 bridgehead atoms. The molecule has 0 atom stereocenters. The van der Waals surface area contributed by atoms with E-state index in [9.17, 15) is 22.8 Å². The number of carbonyl (C=O) groups is 1. The standard InChI is InChI=1S/C18H14F3N3O3/c19-18(20,21)27-15-8-4-1-5-12(15)9-22-16(25)10-24-11-23-14-7-3-2-6-13(14)17(24)26/h1-8,11H,9-10H2,(H,22,25). The number of amides is 1. The molecule has 0 aliphatic heterocycles. The van der Waals surface area contributed by atoms with Gasteiger partial charge in [-0.2, -0.15) is 0 Å². The van der Waals surface area contributed by atoms with Crippen LogP contribution in [0.4, 0.5) is 13.2 Å². The number of alkyl halides is 3. The molecule has 27 heavy (non-hydrogen) atoms. The van der Waals surface area contributed by atoms with E-state index in [4.69, 9.17) is 0 Å². The molecule has 0 saturated heterocycles. The first kappa shape index (κ1) is 18.4. The summed E-state index contributed by atoms with van der Waals surface area (Å²) in [5.41, 5.74) is 0.293. The van der Waals surface area contributed by atoms with Gasteiger partial charge in [0.2, 0.25) is 5.91 Å². The third kappa shape index (κ3) is 4.63. The zero-order valence-corrected chi connectivity index (χ0v) is 13.9. The van der Waals surface area contributed by atoms with Crippen LogP contribution in [0.3, 0.4) is 0 Å². The first-order chi connectivity index (χ1) is 12.8. The summed E-state index contributed by atoms with van der Waals surface area (Å²) in [4.78, 5) is 28.6. The minimum atomic E-state index is -4.83. The van der Waals surface area contributed by atoms with Crippen LogP contribution in [0.5, 0.6) is 5.75 Å². The van der Waals surface area contributed by atoms with Crippen LogP contribution in [0.25, 0.3) is 10.9 Å². The van der Waals surface area contributed by atoms with Crippen LogP contribution in [0.2, 0.25) is 0 Å². The lowest BCUT2D eigenvalue weighted by Gasteiger charge is -2.14. The average molecular weight is 377 g/mol. The van der Waals surface area contributed by atoms with Crippen molar-refractivity contribution in [3.63, 3.8) is 0 Å². The Labute approximate surface area is 151 Å². The quantitative estimate of drug-likeness (QED) is 0.742. The van der Waals surface area contributed by atoms with Crippen LogP contribution in [-0.2, 0) is 17.9 Å². The average Bonchev–Trinajstić information content (AvgIpc) is 2.62. The number of rotatable bonds is 5. The van der Waals surface area contributed by atoms with Crippen molar-refractivity contribution in [1.29, 1.82) is 0 Å². The number of nitrogens with zero attached hydrogens (tertiary/aromatic N) is 2. The number of nitrogens with one attached hydrogen (secondary N) is 1. The van der Waals surface area contributed by atoms with Gasteiger partial charge in [0, 0.05) is 12.1 Å². The fourth-order valence-electron chi connectivity index (χ4n) is 2.50. The number of hydrogen-bond donors (Lipinski definition) is 1. The van der Waals surface area contributed by atoms with Crippen molar-refractivity contribution in [3.8, 4) is 5.75 Å². The minimum absolute atomic E-state index is 0.159. The molecule has 0 aliphatic carbocycles. The molecule has 1 heterocycles. The molecular weight excluding hydrogens is 363 g/mol. The van der Waals surface area contributed by atoms with Gasteiger partial charge < -0.3 is 10.1 Å². The molecule has 0 fully saturated rings. The Kier molecular flexibility index (Phi) is 5.11. The Balaban J connectivity index is 1.69. The molecule has 3 rings (SSSR count). The van der Waals surface area contributed by atoms with Crippen molar-refractivity contribution >= 4 is 16.8 Å². The predicted octanol–water partition coefficient (Wildman–Crippen LogP) is 2.61. The van der Waals surface area contributed by atoms with Crippen molar-refractivity contribution in [3.05, 3.63) is 70.8 Å². The maximum Gasteiger partial charge on any atom is 0.573 e. The monoisotopic (exact) mass is 377 g/mol. The summed E-state index contributed by atoms with van der Waals surface area (Å²) in [5.74, 6) is -0.939. The molecular formula is C18H14F3N3O3. The zero-order chi connectivity index (χ0) is 19.4. The second-order valence-corrected chi connectivity index (χ2v) is 5.63. The topological polar surface area (TPSA) is 73.2 Å². The van der Waals surface area contributed by atoms with Crippen LogP contribution in [0, 0.1) is 0 Å². The molecule has 1 N–H and O–H groups in total. The van der Waals surface area contributed by atoms with Crippen molar-refractivity contribution in [2.24, 2.45) is 0 Å². The lowest BCUT2D eigenvalue weighted by molar-refractivity contribution is -0.274. The molecule has 0 unspecified atom stereocenters. The molecule has 1 aromatic heterocycles. The van der Waals surface area contributed by atoms with E-state index >= 15 is 0 Å². The largest absolute Gasteiger partial charge is 0.573 e. The molecule has 9 heteroatoms. The molecule has 140 valence electrons. The molecule has 0 radical (unpaired) electrons. The van der Waals surface area contributed by atoms with Gasteiger partial charge in [0.15, 0.2) is 0 Å². The minimum Gasteiger partial charge on any atom is -0.405 e. The summed E-state index contributed by atoms with van der Waals surface area (Å²) in [5, 5.41) is 2.85. The summed E-state index contributed by atoms with van der Waals surface area (Å²) >= 11 is 0. The molecule has 3 aromatic rings. The van der Waals surface area contributed by atoms with Gasteiger partial charge in [0.25, 0.3) is 5.56 Å². The number of fused-ring (bicyclic) bond motifs is 1. The van der Waals surface area contributed by atoms with Gasteiger partial charge in [-0.1, -0.05) is 30.3 Å². The maximum absolute atomic E-state index is 12.4. The molecule has 2 aromatic carbocycles. The third-order valence-electron chi connectivity index (χ3n) is 3.72. The molecule has 0 saturated carbocycles. The Hall–Kier alpha value is -3.36. The van der Waals surface area contributed by atoms with E-state index in [0.29, 0.717) is 10.9 Å². The number of benzene rings is 2. The molecule has 0 aliphatic rings. The zero-order valence-electron chi connectivity index (χ0n) is 13.9.